The second-order valence-corrected chi connectivity index (χ2v) is 6.78. The summed E-state index contributed by atoms with van der Waals surface area (Å²) in [5.41, 5.74) is 1.53. The second-order valence-electron chi connectivity index (χ2n) is 4.82. The molecule has 0 radical (unpaired) electrons. The van der Waals surface area contributed by atoms with Gasteiger partial charge in [-0.05, 0) is 36.2 Å². The van der Waals surface area contributed by atoms with E-state index < -0.39 is 9.84 Å². The lowest BCUT2D eigenvalue weighted by molar-refractivity contribution is 0.598. The molecule has 2 rings (SSSR count). The average molecular weight is 308 g/mol. The fraction of sp³-hybridized carbons (Fsp3) is 0.267. The predicted molar refractivity (Wildman–Crippen MR) is 80.4 cm³/mol. The molecule has 4 nitrogen and oxygen atoms in total. The van der Waals surface area contributed by atoms with Gasteiger partial charge in [-0.15, -0.1) is 0 Å². The highest BCUT2D eigenvalue weighted by Gasteiger charge is 2.12. The summed E-state index contributed by atoms with van der Waals surface area (Å²) in [6.45, 7) is 1.99. The van der Waals surface area contributed by atoms with Gasteiger partial charge in [0.1, 0.15) is 5.82 Å². The van der Waals surface area contributed by atoms with E-state index in [0.717, 1.165) is 18.2 Å². The minimum atomic E-state index is -3.30. The lowest BCUT2D eigenvalue weighted by Gasteiger charge is -2.18. The zero-order valence-electron chi connectivity index (χ0n) is 11.9. The highest BCUT2D eigenvalue weighted by molar-refractivity contribution is 7.90. The molecule has 2 aromatic rings. The minimum absolute atomic E-state index is 0.0341. The summed E-state index contributed by atoms with van der Waals surface area (Å²) < 4.78 is 36.0. The van der Waals surface area contributed by atoms with Gasteiger partial charge in [0, 0.05) is 6.26 Å². The molecule has 0 saturated carbocycles. The molecule has 0 saturated heterocycles. The Labute approximate surface area is 124 Å². The Kier molecular flexibility index (Phi) is 4.57. The molecule has 0 aliphatic heterocycles. The molecule has 0 bridgehead atoms. The van der Waals surface area contributed by atoms with Crippen LogP contribution in [0.4, 0.5) is 10.1 Å². The highest BCUT2D eigenvalue weighted by Crippen LogP contribution is 2.23. The Bertz CT molecular complexity index is 715. The first-order chi connectivity index (χ1) is 9.90. The summed E-state index contributed by atoms with van der Waals surface area (Å²) in [4.78, 5) is 3.92. The molecule has 1 aromatic heterocycles. The monoisotopic (exact) mass is 308 g/mol. The summed E-state index contributed by atoms with van der Waals surface area (Å²) >= 11 is 0. The molecule has 1 heterocycles. The number of benzene rings is 1. The standard InChI is InChI=1S/C15H17FN2O2S/c1-3-14(11-5-4-6-12(16)9-11)18-13-7-8-15(17-10-13)21(2,19)20/h4-10,14,18H,3H2,1-2H3. The van der Waals surface area contributed by atoms with Crippen molar-refractivity contribution in [2.75, 3.05) is 11.6 Å². The molecule has 0 spiro atoms. The van der Waals surface area contributed by atoms with Crippen LogP contribution in [0.3, 0.4) is 0 Å². The van der Waals surface area contributed by atoms with Crippen LogP contribution in [0.2, 0.25) is 0 Å². The molecule has 1 unspecified atom stereocenters. The van der Waals surface area contributed by atoms with E-state index in [1.165, 1.54) is 24.4 Å². The molecular weight excluding hydrogens is 291 g/mol. The molecule has 6 heteroatoms. The van der Waals surface area contributed by atoms with Gasteiger partial charge in [0.15, 0.2) is 14.9 Å². The number of rotatable bonds is 5. The van der Waals surface area contributed by atoms with E-state index in [-0.39, 0.29) is 16.9 Å². The first kappa shape index (κ1) is 15.4. The molecule has 0 fully saturated rings. The Morgan fingerprint density at radius 1 is 1.29 bits per heavy atom. The van der Waals surface area contributed by atoms with Crippen LogP contribution in [0.15, 0.2) is 47.6 Å². The van der Waals surface area contributed by atoms with E-state index >= 15 is 0 Å². The third-order valence-electron chi connectivity index (χ3n) is 3.12. The topological polar surface area (TPSA) is 59.1 Å². The Balaban J connectivity index is 2.19. The molecule has 1 N–H and O–H groups in total. The van der Waals surface area contributed by atoms with Crippen LogP contribution in [-0.2, 0) is 9.84 Å². The molecule has 21 heavy (non-hydrogen) atoms. The van der Waals surface area contributed by atoms with Crippen LogP contribution in [0.25, 0.3) is 0 Å². The van der Waals surface area contributed by atoms with Crippen molar-refractivity contribution in [3.63, 3.8) is 0 Å². The number of pyridine rings is 1. The van der Waals surface area contributed by atoms with Crippen molar-refractivity contribution in [2.45, 2.75) is 24.4 Å². The van der Waals surface area contributed by atoms with Crippen molar-refractivity contribution in [1.29, 1.82) is 0 Å². The summed E-state index contributed by atoms with van der Waals surface area (Å²) in [5, 5.41) is 3.26. The van der Waals surface area contributed by atoms with Gasteiger partial charge >= 0.3 is 0 Å². The quantitative estimate of drug-likeness (QED) is 0.921. The van der Waals surface area contributed by atoms with E-state index in [0.29, 0.717) is 5.69 Å². The van der Waals surface area contributed by atoms with E-state index in [9.17, 15) is 12.8 Å². The number of anilines is 1. The van der Waals surface area contributed by atoms with Crippen molar-refractivity contribution in [3.8, 4) is 0 Å². The maximum atomic E-state index is 13.3. The minimum Gasteiger partial charge on any atom is -0.377 e. The van der Waals surface area contributed by atoms with Gasteiger partial charge in [0.05, 0.1) is 17.9 Å². The summed E-state index contributed by atoms with van der Waals surface area (Å²) in [6, 6.07) is 9.45. The van der Waals surface area contributed by atoms with E-state index in [4.69, 9.17) is 0 Å². The number of aromatic nitrogens is 1. The van der Waals surface area contributed by atoms with Crippen LogP contribution in [0.1, 0.15) is 24.9 Å². The SMILES string of the molecule is CCC(Nc1ccc(S(C)(=O)=O)nc1)c1cccc(F)c1. The third kappa shape index (κ3) is 4.01. The number of halogens is 1. The Hall–Kier alpha value is -1.95. The van der Waals surface area contributed by atoms with Crippen LogP contribution in [0.5, 0.6) is 0 Å². The van der Waals surface area contributed by atoms with Crippen LogP contribution in [-0.4, -0.2) is 19.7 Å². The molecule has 1 aromatic carbocycles. The number of hydrogen-bond donors (Lipinski definition) is 1. The summed E-state index contributed by atoms with van der Waals surface area (Å²) in [6.07, 6.45) is 3.35. The van der Waals surface area contributed by atoms with Crippen LogP contribution >= 0.6 is 0 Å². The fourth-order valence-electron chi connectivity index (χ4n) is 2.03. The average Bonchev–Trinajstić information content (AvgIpc) is 2.44. The van der Waals surface area contributed by atoms with E-state index in [2.05, 4.69) is 10.3 Å². The number of hydrogen-bond acceptors (Lipinski definition) is 4. The van der Waals surface area contributed by atoms with E-state index in [1.54, 1.807) is 12.1 Å². The van der Waals surface area contributed by atoms with E-state index in [1.807, 2.05) is 13.0 Å². The van der Waals surface area contributed by atoms with Crippen molar-refractivity contribution < 1.29 is 12.8 Å². The van der Waals surface area contributed by atoms with Gasteiger partial charge in [-0.1, -0.05) is 19.1 Å². The lowest BCUT2D eigenvalue weighted by Crippen LogP contribution is -2.10. The molecule has 1 atom stereocenters. The molecular formula is C15H17FN2O2S. The van der Waals surface area contributed by atoms with Crippen LogP contribution < -0.4 is 5.32 Å². The largest absolute Gasteiger partial charge is 0.377 e. The lowest BCUT2D eigenvalue weighted by atomic mass is 10.0. The number of sulfone groups is 1. The van der Waals surface area contributed by atoms with Crippen molar-refractivity contribution in [2.24, 2.45) is 0 Å². The maximum Gasteiger partial charge on any atom is 0.192 e. The second kappa shape index (κ2) is 6.22. The van der Waals surface area contributed by atoms with Gasteiger partial charge in [-0.2, -0.15) is 0 Å². The van der Waals surface area contributed by atoms with Gasteiger partial charge in [-0.3, -0.25) is 0 Å². The number of nitrogens with one attached hydrogen (secondary N) is 1. The van der Waals surface area contributed by atoms with Crippen molar-refractivity contribution >= 4 is 15.5 Å². The van der Waals surface area contributed by atoms with Gasteiger partial charge in [0.2, 0.25) is 0 Å². The smallest absolute Gasteiger partial charge is 0.192 e. The third-order valence-corrected chi connectivity index (χ3v) is 4.12. The first-order valence-electron chi connectivity index (χ1n) is 6.58. The maximum absolute atomic E-state index is 13.3. The molecule has 0 aliphatic carbocycles. The Morgan fingerprint density at radius 2 is 2.05 bits per heavy atom. The van der Waals surface area contributed by atoms with Gasteiger partial charge in [0.25, 0.3) is 0 Å². The van der Waals surface area contributed by atoms with Gasteiger partial charge < -0.3 is 5.32 Å². The van der Waals surface area contributed by atoms with Crippen molar-refractivity contribution in [3.05, 3.63) is 54.0 Å². The van der Waals surface area contributed by atoms with Crippen molar-refractivity contribution in [1.82, 2.24) is 4.98 Å². The normalized spacial score (nSPS) is 12.9. The van der Waals surface area contributed by atoms with Gasteiger partial charge in [-0.25, -0.2) is 17.8 Å². The first-order valence-corrected chi connectivity index (χ1v) is 8.47. The summed E-state index contributed by atoms with van der Waals surface area (Å²) in [5.74, 6) is -0.279. The molecule has 112 valence electrons. The van der Waals surface area contributed by atoms with Crippen LogP contribution in [0, 0.1) is 5.82 Å². The molecule has 0 amide bonds. The predicted octanol–water partition coefficient (Wildman–Crippen LogP) is 3.19. The molecule has 0 aliphatic rings. The zero-order chi connectivity index (χ0) is 15.5. The number of nitrogens with zero attached hydrogens (tertiary/aromatic N) is 1. The highest BCUT2D eigenvalue weighted by atomic mass is 32.2. The fourth-order valence-corrected chi connectivity index (χ4v) is 2.59. The summed E-state index contributed by atoms with van der Waals surface area (Å²) in [7, 11) is -3.30. The zero-order valence-corrected chi connectivity index (χ0v) is 12.7. The Morgan fingerprint density at radius 3 is 2.57 bits per heavy atom.